The number of rotatable bonds is 6. The van der Waals surface area contributed by atoms with Gasteiger partial charge in [-0.25, -0.2) is 4.98 Å². The van der Waals surface area contributed by atoms with E-state index in [9.17, 15) is 9.90 Å². The smallest absolute Gasteiger partial charge is 0.223 e. The van der Waals surface area contributed by atoms with Gasteiger partial charge in [0.05, 0.1) is 24.4 Å². The first-order valence-corrected chi connectivity index (χ1v) is 8.61. The fraction of sp³-hybridized carbons (Fsp3) is 0.238. The Morgan fingerprint density at radius 1 is 1.19 bits per heavy atom. The number of imidazole rings is 1. The summed E-state index contributed by atoms with van der Waals surface area (Å²) in [5.41, 5.74) is 1.54. The van der Waals surface area contributed by atoms with Crippen LogP contribution in [0.1, 0.15) is 37.4 Å². The van der Waals surface area contributed by atoms with Crippen LogP contribution in [0.2, 0.25) is 0 Å². The van der Waals surface area contributed by atoms with E-state index in [1.54, 1.807) is 19.4 Å². The van der Waals surface area contributed by atoms with E-state index in [1.165, 1.54) is 0 Å². The van der Waals surface area contributed by atoms with Gasteiger partial charge in [0, 0.05) is 18.1 Å². The molecule has 0 saturated heterocycles. The highest BCUT2D eigenvalue weighted by atomic mass is 16.3. The maximum Gasteiger partial charge on any atom is 0.223 e. The molecule has 2 aromatic carbocycles. The molecule has 5 nitrogen and oxygen atoms in total. The van der Waals surface area contributed by atoms with Gasteiger partial charge in [-0.2, -0.15) is 0 Å². The molecule has 3 rings (SSSR count). The van der Waals surface area contributed by atoms with Gasteiger partial charge in [-0.15, -0.1) is 0 Å². The van der Waals surface area contributed by atoms with Crippen LogP contribution in [0.25, 0.3) is 5.69 Å². The maximum absolute atomic E-state index is 12.4. The van der Waals surface area contributed by atoms with E-state index in [1.807, 2.05) is 72.3 Å². The van der Waals surface area contributed by atoms with Crippen LogP contribution < -0.4 is 5.32 Å². The van der Waals surface area contributed by atoms with Gasteiger partial charge in [0.25, 0.3) is 0 Å². The number of nitrogens with zero attached hydrogens (tertiary/aromatic N) is 2. The SMILES string of the molecule is CC(NC(=O)CC(C)(O)c1ccccc1)c1ccc(-n2ccnc2)cc1. The van der Waals surface area contributed by atoms with Crippen LogP contribution in [0.4, 0.5) is 0 Å². The minimum Gasteiger partial charge on any atom is -0.385 e. The van der Waals surface area contributed by atoms with Gasteiger partial charge < -0.3 is 15.0 Å². The zero-order valence-electron chi connectivity index (χ0n) is 15.0. The molecule has 1 aromatic heterocycles. The van der Waals surface area contributed by atoms with E-state index in [0.29, 0.717) is 0 Å². The van der Waals surface area contributed by atoms with Gasteiger partial charge in [-0.3, -0.25) is 4.79 Å². The molecule has 3 aromatic rings. The van der Waals surface area contributed by atoms with Crippen LogP contribution in [0, 0.1) is 0 Å². The molecule has 5 heteroatoms. The topological polar surface area (TPSA) is 67.2 Å². The summed E-state index contributed by atoms with van der Waals surface area (Å²) in [6.07, 6.45) is 5.36. The van der Waals surface area contributed by atoms with Crippen LogP contribution in [-0.4, -0.2) is 20.6 Å². The van der Waals surface area contributed by atoms with Crippen molar-refractivity contribution in [2.45, 2.75) is 31.9 Å². The van der Waals surface area contributed by atoms with Crippen molar-refractivity contribution in [3.05, 3.63) is 84.4 Å². The lowest BCUT2D eigenvalue weighted by Gasteiger charge is -2.24. The van der Waals surface area contributed by atoms with Crippen molar-refractivity contribution < 1.29 is 9.90 Å². The fourth-order valence-electron chi connectivity index (χ4n) is 2.93. The van der Waals surface area contributed by atoms with Gasteiger partial charge in [0.15, 0.2) is 0 Å². The second-order valence-corrected chi connectivity index (χ2v) is 6.67. The molecule has 1 amide bonds. The minimum absolute atomic E-state index is 0.00841. The van der Waals surface area contributed by atoms with Crippen molar-refractivity contribution in [2.24, 2.45) is 0 Å². The second-order valence-electron chi connectivity index (χ2n) is 6.67. The van der Waals surface area contributed by atoms with Crippen molar-refractivity contribution in [3.8, 4) is 5.69 Å². The predicted molar refractivity (Wildman–Crippen MR) is 101 cm³/mol. The molecule has 0 saturated carbocycles. The molecule has 0 fully saturated rings. The minimum atomic E-state index is -1.20. The molecule has 0 spiro atoms. The molecule has 0 aliphatic carbocycles. The number of aliphatic hydroxyl groups is 1. The van der Waals surface area contributed by atoms with E-state index < -0.39 is 5.60 Å². The molecule has 0 radical (unpaired) electrons. The van der Waals surface area contributed by atoms with Crippen LogP contribution in [0.15, 0.2) is 73.3 Å². The summed E-state index contributed by atoms with van der Waals surface area (Å²) in [6.45, 7) is 3.59. The average Bonchev–Trinajstić information content (AvgIpc) is 3.17. The molecule has 2 N–H and O–H groups in total. The summed E-state index contributed by atoms with van der Waals surface area (Å²) < 4.78 is 1.92. The monoisotopic (exact) mass is 349 g/mol. The van der Waals surface area contributed by atoms with Gasteiger partial charge >= 0.3 is 0 Å². The van der Waals surface area contributed by atoms with E-state index in [-0.39, 0.29) is 18.4 Å². The van der Waals surface area contributed by atoms with Crippen LogP contribution in [-0.2, 0) is 10.4 Å². The molecular formula is C21H23N3O2. The predicted octanol–water partition coefficient (Wildman–Crippen LogP) is 3.35. The molecule has 2 atom stereocenters. The van der Waals surface area contributed by atoms with Crippen molar-refractivity contribution in [1.82, 2.24) is 14.9 Å². The summed E-state index contributed by atoms with van der Waals surface area (Å²) in [7, 11) is 0. The third-order valence-electron chi connectivity index (χ3n) is 4.47. The van der Waals surface area contributed by atoms with Gasteiger partial charge in [0.2, 0.25) is 5.91 Å². The number of amides is 1. The average molecular weight is 349 g/mol. The first kappa shape index (κ1) is 17.9. The molecular weight excluding hydrogens is 326 g/mol. The first-order valence-electron chi connectivity index (χ1n) is 8.61. The zero-order valence-corrected chi connectivity index (χ0v) is 15.0. The Kier molecular flexibility index (Phi) is 5.19. The first-order chi connectivity index (χ1) is 12.5. The zero-order chi connectivity index (χ0) is 18.6. The number of aromatic nitrogens is 2. The lowest BCUT2D eigenvalue weighted by Crippen LogP contribution is -2.34. The van der Waals surface area contributed by atoms with Crippen molar-refractivity contribution >= 4 is 5.91 Å². The maximum atomic E-state index is 12.4. The Hall–Kier alpha value is -2.92. The summed E-state index contributed by atoms with van der Waals surface area (Å²) in [5.74, 6) is -0.190. The lowest BCUT2D eigenvalue weighted by atomic mass is 9.92. The molecule has 134 valence electrons. The number of hydrogen-bond acceptors (Lipinski definition) is 3. The number of hydrogen-bond donors (Lipinski definition) is 2. The van der Waals surface area contributed by atoms with Crippen molar-refractivity contribution in [1.29, 1.82) is 0 Å². The van der Waals surface area contributed by atoms with E-state index >= 15 is 0 Å². The van der Waals surface area contributed by atoms with E-state index in [0.717, 1.165) is 16.8 Å². The fourth-order valence-corrected chi connectivity index (χ4v) is 2.93. The summed E-state index contributed by atoms with van der Waals surface area (Å²) >= 11 is 0. The Morgan fingerprint density at radius 3 is 2.50 bits per heavy atom. The van der Waals surface area contributed by atoms with Crippen molar-refractivity contribution in [3.63, 3.8) is 0 Å². The highest BCUT2D eigenvalue weighted by Crippen LogP contribution is 2.24. The Labute approximate surface area is 153 Å². The standard InChI is InChI=1S/C21H23N3O2/c1-16(17-8-10-19(11-9-17)24-13-12-22-15-24)23-20(25)14-21(2,26)18-6-4-3-5-7-18/h3-13,15-16,26H,14H2,1-2H3,(H,23,25). The molecule has 2 unspecified atom stereocenters. The molecule has 0 aliphatic heterocycles. The number of benzene rings is 2. The number of nitrogens with one attached hydrogen (secondary N) is 1. The Bertz CT molecular complexity index is 841. The Balaban J connectivity index is 1.62. The molecule has 1 heterocycles. The van der Waals surface area contributed by atoms with Crippen molar-refractivity contribution in [2.75, 3.05) is 0 Å². The molecule has 0 bridgehead atoms. The molecule has 26 heavy (non-hydrogen) atoms. The quantitative estimate of drug-likeness (QED) is 0.717. The third-order valence-corrected chi connectivity index (χ3v) is 4.47. The highest BCUT2D eigenvalue weighted by Gasteiger charge is 2.27. The second kappa shape index (κ2) is 7.54. The van der Waals surface area contributed by atoms with Gasteiger partial charge in [-0.1, -0.05) is 42.5 Å². The van der Waals surface area contributed by atoms with Crippen LogP contribution in [0.3, 0.4) is 0 Å². The Morgan fingerprint density at radius 2 is 1.88 bits per heavy atom. The third kappa shape index (κ3) is 4.18. The number of carbonyl (C=O) groups excluding carboxylic acids is 1. The van der Waals surface area contributed by atoms with E-state index in [2.05, 4.69) is 10.3 Å². The number of carbonyl (C=O) groups is 1. The molecule has 0 aliphatic rings. The largest absolute Gasteiger partial charge is 0.385 e. The summed E-state index contributed by atoms with van der Waals surface area (Å²) in [4.78, 5) is 16.4. The summed E-state index contributed by atoms with van der Waals surface area (Å²) in [5, 5.41) is 13.6. The van der Waals surface area contributed by atoms with Gasteiger partial charge in [0.1, 0.15) is 0 Å². The van der Waals surface area contributed by atoms with E-state index in [4.69, 9.17) is 0 Å². The highest BCUT2D eigenvalue weighted by molar-refractivity contribution is 5.77. The van der Waals surface area contributed by atoms with Crippen LogP contribution >= 0.6 is 0 Å². The van der Waals surface area contributed by atoms with Gasteiger partial charge in [-0.05, 0) is 37.1 Å². The van der Waals surface area contributed by atoms with Crippen LogP contribution in [0.5, 0.6) is 0 Å². The lowest BCUT2D eigenvalue weighted by molar-refractivity contribution is -0.126. The normalized spacial score (nSPS) is 14.4. The summed E-state index contributed by atoms with van der Waals surface area (Å²) in [6, 6.07) is 17.0.